The van der Waals surface area contributed by atoms with Crippen LogP contribution in [0.5, 0.6) is 0 Å². The molecule has 126 valence electrons. The zero-order chi connectivity index (χ0) is 16.8. The predicted molar refractivity (Wildman–Crippen MR) is 100.0 cm³/mol. The average Bonchev–Trinajstić information content (AvgIpc) is 2.59. The van der Waals surface area contributed by atoms with Crippen LogP contribution < -0.4 is 10.6 Å². The van der Waals surface area contributed by atoms with Gasteiger partial charge in [-0.05, 0) is 36.4 Å². The fourth-order valence-electron chi connectivity index (χ4n) is 2.55. The molecule has 24 heavy (non-hydrogen) atoms. The van der Waals surface area contributed by atoms with Crippen molar-refractivity contribution in [3.8, 4) is 0 Å². The fraction of sp³-hybridized carbons (Fsp3) is 0.278. The molecule has 4 nitrogen and oxygen atoms in total. The number of hydrogen-bond donors (Lipinski definition) is 2. The molecule has 1 aliphatic heterocycles. The molecule has 2 N–H and O–H groups in total. The molecule has 2 aromatic rings. The summed E-state index contributed by atoms with van der Waals surface area (Å²) in [4.78, 5) is 16.6. The number of para-hydroxylation sites is 1. The summed E-state index contributed by atoms with van der Waals surface area (Å²) in [5.41, 5.74) is 0.845. The molecule has 3 rings (SSSR count). The molecule has 0 saturated carbocycles. The van der Waals surface area contributed by atoms with Gasteiger partial charge in [0, 0.05) is 41.0 Å². The largest absolute Gasteiger partial charge is 0.324 e. The van der Waals surface area contributed by atoms with E-state index in [9.17, 15) is 4.79 Å². The van der Waals surface area contributed by atoms with Gasteiger partial charge in [-0.2, -0.15) is 0 Å². The number of nitrogens with zero attached hydrogens (tertiary/aromatic N) is 1. The summed E-state index contributed by atoms with van der Waals surface area (Å²) in [5.74, 6) is 0.0288. The lowest BCUT2D eigenvalue weighted by Gasteiger charge is -2.26. The number of benzene rings is 2. The van der Waals surface area contributed by atoms with E-state index in [1.54, 1.807) is 11.8 Å². The first-order valence-corrected chi connectivity index (χ1v) is 9.15. The number of rotatable bonds is 5. The van der Waals surface area contributed by atoms with Gasteiger partial charge in [0.05, 0.1) is 12.2 Å². The Bertz CT molecular complexity index is 687. The summed E-state index contributed by atoms with van der Waals surface area (Å²) in [5, 5.41) is 7.05. The first-order chi connectivity index (χ1) is 11.7. The van der Waals surface area contributed by atoms with E-state index in [1.807, 2.05) is 48.5 Å². The molecular weight excluding hydrogens is 342 g/mol. The van der Waals surface area contributed by atoms with Crippen molar-refractivity contribution in [1.29, 1.82) is 0 Å². The third-order valence-electron chi connectivity index (χ3n) is 3.78. The Morgan fingerprint density at radius 1 is 1.12 bits per heavy atom. The van der Waals surface area contributed by atoms with Gasteiger partial charge in [0.25, 0.3) is 0 Å². The van der Waals surface area contributed by atoms with E-state index in [4.69, 9.17) is 11.6 Å². The fourth-order valence-corrected chi connectivity index (χ4v) is 3.58. The number of carbonyl (C=O) groups excluding carboxylic acids is 1. The highest BCUT2D eigenvalue weighted by molar-refractivity contribution is 7.99. The second kappa shape index (κ2) is 8.53. The Labute approximate surface area is 151 Å². The SMILES string of the molecule is O=C(CN1CCNCC1)Nc1ccccc1Sc1ccc(Cl)cc1. The molecule has 1 amide bonds. The van der Waals surface area contributed by atoms with E-state index < -0.39 is 0 Å². The van der Waals surface area contributed by atoms with Crippen LogP contribution in [-0.2, 0) is 4.79 Å². The molecule has 1 saturated heterocycles. The number of hydrogen-bond acceptors (Lipinski definition) is 4. The van der Waals surface area contributed by atoms with Gasteiger partial charge < -0.3 is 10.6 Å². The van der Waals surface area contributed by atoms with Crippen LogP contribution in [0.2, 0.25) is 5.02 Å². The van der Waals surface area contributed by atoms with Crippen molar-refractivity contribution in [2.45, 2.75) is 9.79 Å². The van der Waals surface area contributed by atoms with Crippen molar-refractivity contribution in [2.75, 3.05) is 38.0 Å². The Kier molecular flexibility index (Phi) is 6.15. The quantitative estimate of drug-likeness (QED) is 0.857. The second-order valence-electron chi connectivity index (χ2n) is 5.63. The van der Waals surface area contributed by atoms with Crippen molar-refractivity contribution < 1.29 is 4.79 Å². The summed E-state index contributed by atoms with van der Waals surface area (Å²) in [7, 11) is 0. The molecule has 0 bridgehead atoms. The highest BCUT2D eigenvalue weighted by Crippen LogP contribution is 2.33. The van der Waals surface area contributed by atoms with Crippen LogP contribution in [0.25, 0.3) is 0 Å². The van der Waals surface area contributed by atoms with Crippen LogP contribution in [0.15, 0.2) is 58.3 Å². The minimum Gasteiger partial charge on any atom is -0.324 e. The molecule has 0 unspecified atom stereocenters. The van der Waals surface area contributed by atoms with Crippen molar-refractivity contribution in [2.24, 2.45) is 0 Å². The Morgan fingerprint density at radius 2 is 1.83 bits per heavy atom. The molecule has 1 aliphatic rings. The summed E-state index contributed by atoms with van der Waals surface area (Å²) in [6.45, 7) is 4.14. The molecule has 0 atom stereocenters. The third kappa shape index (κ3) is 4.98. The maximum atomic E-state index is 12.3. The van der Waals surface area contributed by atoms with Crippen LogP contribution in [-0.4, -0.2) is 43.5 Å². The zero-order valence-electron chi connectivity index (χ0n) is 13.3. The number of nitrogens with one attached hydrogen (secondary N) is 2. The Hall–Kier alpha value is -1.53. The van der Waals surface area contributed by atoms with Gasteiger partial charge in [-0.3, -0.25) is 9.69 Å². The van der Waals surface area contributed by atoms with E-state index in [-0.39, 0.29) is 5.91 Å². The van der Waals surface area contributed by atoms with Crippen LogP contribution in [0.3, 0.4) is 0 Å². The topological polar surface area (TPSA) is 44.4 Å². The van der Waals surface area contributed by atoms with Gasteiger partial charge in [0.1, 0.15) is 0 Å². The van der Waals surface area contributed by atoms with Gasteiger partial charge in [-0.1, -0.05) is 35.5 Å². The molecule has 1 heterocycles. The van der Waals surface area contributed by atoms with Crippen LogP contribution in [0.1, 0.15) is 0 Å². The van der Waals surface area contributed by atoms with E-state index in [0.29, 0.717) is 6.54 Å². The lowest BCUT2D eigenvalue weighted by atomic mass is 10.3. The van der Waals surface area contributed by atoms with Gasteiger partial charge in [-0.15, -0.1) is 0 Å². The van der Waals surface area contributed by atoms with E-state index in [0.717, 1.165) is 46.7 Å². The van der Waals surface area contributed by atoms with Crippen LogP contribution >= 0.6 is 23.4 Å². The molecule has 0 aromatic heterocycles. The number of amides is 1. The molecule has 0 spiro atoms. The predicted octanol–water partition coefficient (Wildman–Crippen LogP) is 3.33. The van der Waals surface area contributed by atoms with Gasteiger partial charge in [0.15, 0.2) is 0 Å². The minimum atomic E-state index is 0.0288. The number of anilines is 1. The highest BCUT2D eigenvalue weighted by atomic mass is 35.5. The van der Waals surface area contributed by atoms with Crippen molar-refractivity contribution in [3.63, 3.8) is 0 Å². The number of halogens is 1. The molecule has 0 aliphatic carbocycles. The van der Waals surface area contributed by atoms with Gasteiger partial charge >= 0.3 is 0 Å². The summed E-state index contributed by atoms with van der Waals surface area (Å²) >= 11 is 7.55. The average molecular weight is 362 g/mol. The van der Waals surface area contributed by atoms with E-state index >= 15 is 0 Å². The van der Waals surface area contributed by atoms with Gasteiger partial charge in [-0.25, -0.2) is 0 Å². The number of carbonyl (C=O) groups is 1. The smallest absolute Gasteiger partial charge is 0.238 e. The molecule has 2 aromatic carbocycles. The molecule has 0 radical (unpaired) electrons. The third-order valence-corrected chi connectivity index (χ3v) is 5.12. The second-order valence-corrected chi connectivity index (χ2v) is 7.18. The molecular formula is C18H20ClN3OS. The normalized spacial score (nSPS) is 15.2. The Morgan fingerprint density at radius 3 is 2.58 bits per heavy atom. The molecule has 1 fully saturated rings. The summed E-state index contributed by atoms with van der Waals surface area (Å²) in [6.07, 6.45) is 0. The summed E-state index contributed by atoms with van der Waals surface area (Å²) < 4.78 is 0. The Balaban J connectivity index is 1.64. The van der Waals surface area contributed by atoms with Gasteiger partial charge in [0.2, 0.25) is 5.91 Å². The maximum Gasteiger partial charge on any atom is 0.238 e. The van der Waals surface area contributed by atoms with Crippen LogP contribution in [0.4, 0.5) is 5.69 Å². The minimum absolute atomic E-state index is 0.0288. The standard InChI is InChI=1S/C18H20ClN3OS/c19-14-5-7-15(8-6-14)24-17-4-2-1-3-16(17)21-18(23)13-22-11-9-20-10-12-22/h1-8,20H,9-13H2,(H,21,23). The lowest BCUT2D eigenvalue weighted by molar-refractivity contribution is -0.117. The summed E-state index contributed by atoms with van der Waals surface area (Å²) in [6, 6.07) is 15.6. The van der Waals surface area contributed by atoms with E-state index in [2.05, 4.69) is 15.5 Å². The molecule has 6 heteroatoms. The zero-order valence-corrected chi connectivity index (χ0v) is 14.9. The monoisotopic (exact) mass is 361 g/mol. The first-order valence-electron chi connectivity index (χ1n) is 7.96. The van der Waals surface area contributed by atoms with Crippen molar-refractivity contribution in [1.82, 2.24) is 10.2 Å². The first kappa shape index (κ1) is 17.3. The lowest BCUT2D eigenvalue weighted by Crippen LogP contribution is -2.46. The van der Waals surface area contributed by atoms with Crippen LogP contribution in [0, 0.1) is 0 Å². The highest BCUT2D eigenvalue weighted by Gasteiger charge is 2.14. The van der Waals surface area contributed by atoms with E-state index in [1.165, 1.54) is 0 Å². The maximum absolute atomic E-state index is 12.3. The van der Waals surface area contributed by atoms with Crippen molar-refractivity contribution >= 4 is 35.0 Å². The number of piperazine rings is 1. The van der Waals surface area contributed by atoms with Crippen molar-refractivity contribution in [3.05, 3.63) is 53.6 Å².